The van der Waals surface area contributed by atoms with Crippen LogP contribution < -0.4 is 0 Å². The highest BCUT2D eigenvalue weighted by atomic mass is 35.5. The fourth-order valence-corrected chi connectivity index (χ4v) is 3.59. The molecule has 6 heteroatoms. The van der Waals surface area contributed by atoms with E-state index in [1.54, 1.807) is 0 Å². The van der Waals surface area contributed by atoms with E-state index in [4.69, 9.17) is 16.9 Å². The summed E-state index contributed by atoms with van der Waals surface area (Å²) in [6.45, 7) is 1.85. The van der Waals surface area contributed by atoms with Crippen LogP contribution in [0.1, 0.15) is 27.9 Å². The molecule has 0 aliphatic carbocycles. The number of ketones is 1. The number of hydrogen-bond acceptors (Lipinski definition) is 5. The first-order valence-electron chi connectivity index (χ1n) is 5.68. The van der Waals surface area contributed by atoms with E-state index in [9.17, 15) is 4.79 Å². The van der Waals surface area contributed by atoms with Crippen molar-refractivity contribution in [1.82, 2.24) is 4.98 Å². The molecule has 2 heterocycles. The Bertz CT molecular complexity index is 627. The molecule has 0 radical (unpaired) electrons. The summed E-state index contributed by atoms with van der Waals surface area (Å²) in [4.78, 5) is 17.4. The van der Waals surface area contributed by atoms with Gasteiger partial charge in [-0.2, -0.15) is 5.26 Å². The summed E-state index contributed by atoms with van der Waals surface area (Å²) in [6, 6.07) is 5.78. The summed E-state index contributed by atoms with van der Waals surface area (Å²) in [5.41, 5.74) is 0.845. The first kappa shape index (κ1) is 14.2. The summed E-state index contributed by atoms with van der Waals surface area (Å²) in [7, 11) is 0. The predicted octanol–water partition coefficient (Wildman–Crippen LogP) is 3.98. The molecule has 0 fully saturated rings. The van der Waals surface area contributed by atoms with Gasteiger partial charge in [-0.05, 0) is 25.5 Å². The molecule has 3 nitrogen and oxygen atoms in total. The van der Waals surface area contributed by atoms with Crippen LogP contribution in [0.15, 0.2) is 17.5 Å². The number of thiophene rings is 1. The molecule has 0 aromatic carbocycles. The normalized spacial score (nSPS) is 12.1. The lowest BCUT2D eigenvalue weighted by Crippen LogP contribution is -2.11. The third-order valence-corrected chi connectivity index (χ3v) is 4.90. The standard InChI is InChI=1S/C13H11ClN2OS2/c1-8-7-18-13(16-8)10(6-15)11(17)4-2-9-3-5-12(14)19-9/h3,5,7,10H,2,4H2,1H3/t10-/m0/s1. The molecular weight excluding hydrogens is 300 g/mol. The molecule has 2 rings (SSSR count). The molecule has 0 spiro atoms. The van der Waals surface area contributed by atoms with Crippen molar-refractivity contribution in [2.45, 2.75) is 25.7 Å². The van der Waals surface area contributed by atoms with Crippen molar-refractivity contribution in [2.75, 3.05) is 0 Å². The molecule has 19 heavy (non-hydrogen) atoms. The SMILES string of the molecule is Cc1csc([C@@H](C#N)C(=O)CCc2ccc(Cl)s2)n1. The maximum atomic E-state index is 12.1. The average Bonchev–Trinajstić information content (AvgIpc) is 2.97. The molecule has 0 unspecified atom stereocenters. The Balaban J connectivity index is 2.00. The lowest BCUT2D eigenvalue weighted by atomic mass is 10.0. The largest absolute Gasteiger partial charge is 0.298 e. The van der Waals surface area contributed by atoms with Crippen molar-refractivity contribution in [3.8, 4) is 6.07 Å². The highest BCUT2D eigenvalue weighted by Gasteiger charge is 2.22. The van der Waals surface area contributed by atoms with Gasteiger partial charge < -0.3 is 0 Å². The topological polar surface area (TPSA) is 53.8 Å². The maximum absolute atomic E-state index is 12.1. The number of Topliss-reactive ketones (excluding diaryl/α,β-unsaturated/α-hetero) is 1. The zero-order chi connectivity index (χ0) is 13.8. The lowest BCUT2D eigenvalue weighted by molar-refractivity contribution is -0.119. The van der Waals surface area contributed by atoms with Crippen molar-refractivity contribution >= 4 is 40.1 Å². The van der Waals surface area contributed by atoms with Gasteiger partial charge in [0.15, 0.2) is 11.7 Å². The number of carbonyl (C=O) groups excluding carboxylic acids is 1. The van der Waals surface area contributed by atoms with Gasteiger partial charge in [-0.1, -0.05) is 11.6 Å². The number of halogens is 1. The number of aryl methyl sites for hydroxylation is 2. The number of hydrogen-bond donors (Lipinski definition) is 0. The molecule has 0 aliphatic heterocycles. The quantitative estimate of drug-likeness (QED) is 0.839. The van der Waals surface area contributed by atoms with Crippen molar-refractivity contribution in [2.24, 2.45) is 0 Å². The molecule has 2 aromatic heterocycles. The van der Waals surface area contributed by atoms with Crippen LogP contribution in [-0.4, -0.2) is 10.8 Å². The highest BCUT2D eigenvalue weighted by molar-refractivity contribution is 7.16. The fraction of sp³-hybridized carbons (Fsp3) is 0.308. The predicted molar refractivity (Wildman–Crippen MR) is 77.9 cm³/mol. The van der Waals surface area contributed by atoms with E-state index in [0.717, 1.165) is 14.9 Å². The third-order valence-electron chi connectivity index (χ3n) is 2.58. The molecule has 0 saturated carbocycles. The van der Waals surface area contributed by atoms with Crippen LogP contribution >= 0.6 is 34.3 Å². The van der Waals surface area contributed by atoms with Crippen molar-refractivity contribution in [1.29, 1.82) is 5.26 Å². The lowest BCUT2D eigenvalue weighted by Gasteiger charge is -2.04. The summed E-state index contributed by atoms with van der Waals surface area (Å²) in [5.74, 6) is -0.824. The van der Waals surface area contributed by atoms with Crippen LogP contribution in [0.3, 0.4) is 0 Å². The van der Waals surface area contributed by atoms with Crippen LogP contribution in [0.4, 0.5) is 0 Å². The van der Waals surface area contributed by atoms with Crippen LogP contribution in [0.2, 0.25) is 4.34 Å². The number of nitrogens with zero attached hydrogens (tertiary/aromatic N) is 2. The van der Waals surface area contributed by atoms with Crippen molar-refractivity contribution in [3.63, 3.8) is 0 Å². The molecule has 0 amide bonds. The zero-order valence-corrected chi connectivity index (χ0v) is 12.6. The maximum Gasteiger partial charge on any atom is 0.157 e. The monoisotopic (exact) mass is 310 g/mol. The van der Waals surface area contributed by atoms with Gasteiger partial charge in [-0.3, -0.25) is 4.79 Å². The minimum absolute atomic E-state index is 0.0821. The summed E-state index contributed by atoms with van der Waals surface area (Å²) >= 11 is 8.67. The van der Waals surface area contributed by atoms with Gasteiger partial charge in [-0.15, -0.1) is 22.7 Å². The van der Waals surface area contributed by atoms with Crippen LogP contribution in [-0.2, 0) is 11.2 Å². The fourth-order valence-electron chi connectivity index (χ4n) is 1.65. The minimum atomic E-state index is -0.742. The molecule has 0 bridgehead atoms. The molecule has 2 aromatic rings. The second kappa shape index (κ2) is 6.29. The number of nitriles is 1. The highest BCUT2D eigenvalue weighted by Crippen LogP contribution is 2.25. The van der Waals surface area contributed by atoms with Gasteiger partial charge in [0, 0.05) is 22.4 Å². The zero-order valence-electron chi connectivity index (χ0n) is 10.2. The van der Waals surface area contributed by atoms with E-state index in [1.165, 1.54) is 22.7 Å². The summed E-state index contributed by atoms with van der Waals surface area (Å²) < 4.78 is 0.717. The molecular formula is C13H11ClN2OS2. The molecule has 1 atom stereocenters. The smallest absolute Gasteiger partial charge is 0.157 e. The third kappa shape index (κ3) is 3.63. The van der Waals surface area contributed by atoms with Crippen LogP contribution in [0.5, 0.6) is 0 Å². The van der Waals surface area contributed by atoms with E-state index >= 15 is 0 Å². The Hall–Kier alpha value is -1.22. The van der Waals surface area contributed by atoms with Gasteiger partial charge >= 0.3 is 0 Å². The Morgan fingerprint density at radius 3 is 2.89 bits per heavy atom. The van der Waals surface area contributed by atoms with Crippen molar-refractivity contribution in [3.05, 3.63) is 37.4 Å². The molecule has 0 N–H and O–H groups in total. The number of rotatable bonds is 5. The van der Waals surface area contributed by atoms with E-state index in [2.05, 4.69) is 4.98 Å². The summed E-state index contributed by atoms with van der Waals surface area (Å²) in [6.07, 6.45) is 0.965. The average molecular weight is 311 g/mol. The number of thiazole rings is 1. The van der Waals surface area contributed by atoms with Gasteiger partial charge in [0.05, 0.1) is 10.4 Å². The Morgan fingerprint density at radius 1 is 1.58 bits per heavy atom. The van der Waals surface area contributed by atoms with Crippen LogP contribution in [0, 0.1) is 18.3 Å². The van der Waals surface area contributed by atoms with E-state index in [1.807, 2.05) is 30.5 Å². The first-order valence-corrected chi connectivity index (χ1v) is 7.76. The summed E-state index contributed by atoms with van der Waals surface area (Å²) in [5, 5.41) is 11.6. The van der Waals surface area contributed by atoms with E-state index in [-0.39, 0.29) is 5.78 Å². The molecule has 0 saturated heterocycles. The molecule has 0 aliphatic rings. The molecule has 98 valence electrons. The Morgan fingerprint density at radius 2 is 2.37 bits per heavy atom. The van der Waals surface area contributed by atoms with Gasteiger partial charge in [0.2, 0.25) is 0 Å². The van der Waals surface area contributed by atoms with Gasteiger partial charge in [-0.25, -0.2) is 4.98 Å². The second-order valence-corrected chi connectivity index (χ2v) is 6.75. The first-order chi connectivity index (χ1) is 9.10. The van der Waals surface area contributed by atoms with Crippen LogP contribution in [0.25, 0.3) is 0 Å². The minimum Gasteiger partial charge on any atom is -0.298 e. The number of aromatic nitrogens is 1. The number of carbonyl (C=O) groups is 1. The van der Waals surface area contributed by atoms with Crippen molar-refractivity contribution < 1.29 is 4.79 Å². The Labute approximate surface area is 124 Å². The second-order valence-electron chi connectivity index (χ2n) is 4.06. The van der Waals surface area contributed by atoms with E-state index in [0.29, 0.717) is 17.8 Å². The van der Waals surface area contributed by atoms with Gasteiger partial charge in [0.1, 0.15) is 5.01 Å². The Kier molecular flexibility index (Phi) is 4.70. The van der Waals surface area contributed by atoms with E-state index < -0.39 is 5.92 Å². The van der Waals surface area contributed by atoms with Gasteiger partial charge in [0.25, 0.3) is 0 Å².